The molecule has 1 atom stereocenters. The van der Waals surface area contributed by atoms with Gasteiger partial charge in [0, 0.05) is 38.4 Å². The molecule has 1 aromatic rings. The lowest BCUT2D eigenvalue weighted by atomic mass is 10.2. The summed E-state index contributed by atoms with van der Waals surface area (Å²) in [5.41, 5.74) is 0.685. The molecule has 0 aliphatic carbocycles. The summed E-state index contributed by atoms with van der Waals surface area (Å²) in [5, 5.41) is 0. The highest BCUT2D eigenvalue weighted by Crippen LogP contribution is 2.23. The Labute approximate surface area is 113 Å². The summed E-state index contributed by atoms with van der Waals surface area (Å²) in [6, 6.07) is 4.20. The summed E-state index contributed by atoms with van der Waals surface area (Å²) in [4.78, 5) is 20.2. The normalized spacial score (nSPS) is 24.6. The van der Waals surface area contributed by atoms with Crippen molar-refractivity contribution in [1.29, 1.82) is 0 Å². The van der Waals surface area contributed by atoms with E-state index in [-0.39, 0.29) is 0 Å². The number of aromatic nitrogens is 1. The van der Waals surface area contributed by atoms with Crippen LogP contribution in [0.5, 0.6) is 0 Å². The van der Waals surface area contributed by atoms with Gasteiger partial charge in [-0.2, -0.15) is 0 Å². The van der Waals surface area contributed by atoms with Crippen LogP contribution in [0.3, 0.4) is 0 Å². The number of morpholine rings is 1. The SMILES string of the molecule is O=Cc1cccnc1N1CCC(N2CCOCC2)C1. The fourth-order valence-corrected chi connectivity index (χ4v) is 2.94. The molecule has 3 heterocycles. The van der Waals surface area contributed by atoms with E-state index >= 15 is 0 Å². The molecule has 3 rings (SSSR count). The summed E-state index contributed by atoms with van der Waals surface area (Å²) in [6.45, 7) is 5.62. The van der Waals surface area contributed by atoms with E-state index in [1.54, 1.807) is 6.20 Å². The Hall–Kier alpha value is -1.46. The molecule has 2 aliphatic rings. The molecule has 2 aliphatic heterocycles. The molecular weight excluding hydrogens is 242 g/mol. The zero-order valence-corrected chi connectivity index (χ0v) is 11.0. The first-order valence-corrected chi connectivity index (χ1v) is 6.85. The van der Waals surface area contributed by atoms with Gasteiger partial charge in [0.2, 0.25) is 0 Å². The van der Waals surface area contributed by atoms with Crippen molar-refractivity contribution in [3.63, 3.8) is 0 Å². The van der Waals surface area contributed by atoms with Crippen molar-refractivity contribution in [3.05, 3.63) is 23.9 Å². The van der Waals surface area contributed by atoms with Crippen molar-refractivity contribution >= 4 is 12.1 Å². The average molecular weight is 261 g/mol. The molecule has 19 heavy (non-hydrogen) atoms. The molecular formula is C14H19N3O2. The van der Waals surface area contributed by atoms with Gasteiger partial charge < -0.3 is 9.64 Å². The van der Waals surface area contributed by atoms with Crippen LogP contribution < -0.4 is 4.90 Å². The molecule has 0 aromatic carbocycles. The third-order valence-corrected chi connectivity index (χ3v) is 3.97. The second-order valence-corrected chi connectivity index (χ2v) is 5.07. The molecule has 0 amide bonds. The molecule has 0 N–H and O–H groups in total. The van der Waals surface area contributed by atoms with E-state index in [0.29, 0.717) is 11.6 Å². The lowest BCUT2D eigenvalue weighted by Gasteiger charge is -2.32. The Morgan fingerprint density at radius 3 is 2.95 bits per heavy atom. The minimum atomic E-state index is 0.561. The van der Waals surface area contributed by atoms with Gasteiger partial charge in [-0.3, -0.25) is 9.69 Å². The molecule has 2 saturated heterocycles. The molecule has 0 saturated carbocycles. The van der Waals surface area contributed by atoms with E-state index in [1.165, 1.54) is 0 Å². The van der Waals surface area contributed by atoms with E-state index in [9.17, 15) is 4.79 Å². The number of nitrogens with zero attached hydrogens (tertiary/aromatic N) is 3. The molecule has 0 radical (unpaired) electrons. The van der Waals surface area contributed by atoms with Crippen LogP contribution in [0, 0.1) is 0 Å². The minimum Gasteiger partial charge on any atom is -0.379 e. The standard InChI is InChI=1S/C14H19N3O2/c18-11-12-2-1-4-15-14(12)17-5-3-13(10-17)16-6-8-19-9-7-16/h1-2,4,11,13H,3,5-10H2. The first kappa shape index (κ1) is 12.6. The highest BCUT2D eigenvalue weighted by Gasteiger charge is 2.30. The lowest BCUT2D eigenvalue weighted by molar-refractivity contribution is 0.0209. The van der Waals surface area contributed by atoms with Gasteiger partial charge in [-0.1, -0.05) is 0 Å². The quantitative estimate of drug-likeness (QED) is 0.753. The predicted molar refractivity (Wildman–Crippen MR) is 72.6 cm³/mol. The Kier molecular flexibility index (Phi) is 3.75. The van der Waals surface area contributed by atoms with Crippen LogP contribution in [-0.4, -0.2) is 61.6 Å². The number of carbonyl (C=O) groups excluding carboxylic acids is 1. The van der Waals surface area contributed by atoms with Crippen LogP contribution in [0.4, 0.5) is 5.82 Å². The van der Waals surface area contributed by atoms with Gasteiger partial charge in [-0.25, -0.2) is 4.98 Å². The van der Waals surface area contributed by atoms with E-state index in [1.807, 2.05) is 12.1 Å². The van der Waals surface area contributed by atoms with E-state index in [2.05, 4.69) is 14.8 Å². The smallest absolute Gasteiger partial charge is 0.153 e. The van der Waals surface area contributed by atoms with Crippen molar-refractivity contribution in [2.75, 3.05) is 44.3 Å². The Morgan fingerprint density at radius 2 is 2.16 bits per heavy atom. The largest absolute Gasteiger partial charge is 0.379 e. The van der Waals surface area contributed by atoms with Crippen LogP contribution in [0.15, 0.2) is 18.3 Å². The number of carbonyl (C=O) groups is 1. The van der Waals surface area contributed by atoms with Gasteiger partial charge in [0.05, 0.1) is 18.8 Å². The molecule has 0 bridgehead atoms. The first-order valence-electron chi connectivity index (χ1n) is 6.85. The number of anilines is 1. The predicted octanol–water partition coefficient (Wildman–Crippen LogP) is 0.805. The molecule has 1 aromatic heterocycles. The topological polar surface area (TPSA) is 45.7 Å². The number of aldehydes is 1. The Morgan fingerprint density at radius 1 is 1.32 bits per heavy atom. The number of hydrogen-bond acceptors (Lipinski definition) is 5. The van der Waals surface area contributed by atoms with Crippen LogP contribution in [0.1, 0.15) is 16.8 Å². The summed E-state index contributed by atoms with van der Waals surface area (Å²) >= 11 is 0. The van der Waals surface area contributed by atoms with Crippen molar-refractivity contribution in [3.8, 4) is 0 Å². The second-order valence-electron chi connectivity index (χ2n) is 5.07. The Balaban J connectivity index is 1.69. The highest BCUT2D eigenvalue weighted by atomic mass is 16.5. The third-order valence-electron chi connectivity index (χ3n) is 3.97. The maximum Gasteiger partial charge on any atom is 0.153 e. The van der Waals surface area contributed by atoms with Gasteiger partial charge in [-0.05, 0) is 18.6 Å². The number of hydrogen-bond donors (Lipinski definition) is 0. The third kappa shape index (κ3) is 2.62. The fraction of sp³-hybridized carbons (Fsp3) is 0.571. The maximum absolute atomic E-state index is 11.1. The molecule has 102 valence electrons. The zero-order valence-electron chi connectivity index (χ0n) is 11.0. The maximum atomic E-state index is 11.1. The lowest BCUT2D eigenvalue weighted by Crippen LogP contribution is -2.44. The summed E-state index contributed by atoms with van der Waals surface area (Å²) in [6.07, 6.45) is 3.78. The van der Waals surface area contributed by atoms with Crippen molar-refractivity contribution in [2.45, 2.75) is 12.5 Å². The highest BCUT2D eigenvalue weighted by molar-refractivity contribution is 5.82. The van der Waals surface area contributed by atoms with E-state index in [0.717, 1.165) is 57.9 Å². The monoisotopic (exact) mass is 261 g/mol. The van der Waals surface area contributed by atoms with Gasteiger partial charge >= 0.3 is 0 Å². The molecule has 5 nitrogen and oxygen atoms in total. The summed E-state index contributed by atoms with van der Waals surface area (Å²) < 4.78 is 5.39. The van der Waals surface area contributed by atoms with Gasteiger partial charge in [-0.15, -0.1) is 0 Å². The first-order chi connectivity index (χ1) is 9.38. The van der Waals surface area contributed by atoms with Crippen molar-refractivity contribution < 1.29 is 9.53 Å². The molecule has 2 fully saturated rings. The van der Waals surface area contributed by atoms with Crippen LogP contribution in [0.2, 0.25) is 0 Å². The van der Waals surface area contributed by atoms with Gasteiger partial charge in [0.1, 0.15) is 5.82 Å². The number of rotatable bonds is 3. The van der Waals surface area contributed by atoms with E-state index < -0.39 is 0 Å². The average Bonchev–Trinajstić information content (AvgIpc) is 2.98. The van der Waals surface area contributed by atoms with Gasteiger partial charge in [0.15, 0.2) is 6.29 Å². The molecule has 5 heteroatoms. The minimum absolute atomic E-state index is 0.561. The number of pyridine rings is 1. The second kappa shape index (κ2) is 5.67. The zero-order chi connectivity index (χ0) is 13.1. The van der Waals surface area contributed by atoms with Crippen LogP contribution in [-0.2, 0) is 4.74 Å². The summed E-state index contributed by atoms with van der Waals surface area (Å²) in [5.74, 6) is 0.827. The fourth-order valence-electron chi connectivity index (χ4n) is 2.94. The number of ether oxygens (including phenoxy) is 1. The van der Waals surface area contributed by atoms with Crippen LogP contribution in [0.25, 0.3) is 0 Å². The molecule has 0 spiro atoms. The van der Waals surface area contributed by atoms with E-state index in [4.69, 9.17) is 4.74 Å². The van der Waals surface area contributed by atoms with Crippen molar-refractivity contribution in [2.24, 2.45) is 0 Å². The van der Waals surface area contributed by atoms with Crippen LogP contribution >= 0.6 is 0 Å². The Bertz CT molecular complexity index is 446. The molecule has 1 unspecified atom stereocenters. The summed E-state index contributed by atoms with van der Waals surface area (Å²) in [7, 11) is 0. The van der Waals surface area contributed by atoms with Gasteiger partial charge in [0.25, 0.3) is 0 Å². The van der Waals surface area contributed by atoms with Crippen molar-refractivity contribution in [1.82, 2.24) is 9.88 Å².